The number of anilines is 1. The molecule has 1 N–H and O–H groups in total. The topological polar surface area (TPSA) is 69.2 Å². The van der Waals surface area contributed by atoms with Gasteiger partial charge in [0, 0.05) is 22.7 Å². The number of carboxylic acid groups (broad SMARTS) is 1. The van der Waals surface area contributed by atoms with Gasteiger partial charge in [-0.3, -0.25) is 4.79 Å². The second kappa shape index (κ2) is 6.79. The van der Waals surface area contributed by atoms with E-state index < -0.39 is 17.8 Å². The van der Waals surface area contributed by atoms with Crippen molar-refractivity contribution in [1.82, 2.24) is 0 Å². The van der Waals surface area contributed by atoms with E-state index in [2.05, 4.69) is 5.32 Å². The van der Waals surface area contributed by atoms with Gasteiger partial charge in [0.2, 0.25) is 5.91 Å². The summed E-state index contributed by atoms with van der Waals surface area (Å²) in [6.45, 7) is 0. The summed E-state index contributed by atoms with van der Waals surface area (Å²) in [6.07, 6.45) is 4.84. The van der Waals surface area contributed by atoms with Crippen LogP contribution in [-0.4, -0.2) is 18.1 Å². The Hall–Kier alpha value is -1.49. The van der Waals surface area contributed by atoms with E-state index in [1.807, 2.05) is 30.5 Å². The zero-order valence-electron chi connectivity index (χ0n) is 11.4. The first kappa shape index (κ1) is 14.9. The number of hydrogen-bond acceptors (Lipinski definition) is 4. The van der Waals surface area contributed by atoms with Crippen molar-refractivity contribution in [2.45, 2.75) is 30.6 Å². The Morgan fingerprint density at radius 2 is 1.85 bits per heavy atom. The van der Waals surface area contributed by atoms with Crippen molar-refractivity contribution in [2.75, 3.05) is 11.6 Å². The van der Waals surface area contributed by atoms with Gasteiger partial charge in [-0.05, 0) is 31.2 Å². The minimum Gasteiger partial charge on any atom is -0.550 e. The predicted molar refractivity (Wildman–Crippen MR) is 77.3 cm³/mol. The highest BCUT2D eigenvalue weighted by Gasteiger charge is 2.31. The fourth-order valence-corrected chi connectivity index (χ4v) is 3.25. The maximum atomic E-state index is 12.3. The summed E-state index contributed by atoms with van der Waals surface area (Å²) >= 11 is 1.55. The zero-order valence-corrected chi connectivity index (χ0v) is 12.2. The number of amides is 1. The molecular formula is C15H18NO3S-. The van der Waals surface area contributed by atoms with Crippen LogP contribution in [0.5, 0.6) is 0 Å². The molecule has 20 heavy (non-hydrogen) atoms. The molecule has 1 aromatic rings. The molecule has 108 valence electrons. The maximum absolute atomic E-state index is 12.3. The summed E-state index contributed by atoms with van der Waals surface area (Å²) < 4.78 is 0. The Kier molecular flexibility index (Phi) is 5.06. The van der Waals surface area contributed by atoms with Crippen LogP contribution < -0.4 is 10.4 Å². The van der Waals surface area contributed by atoms with E-state index >= 15 is 0 Å². The van der Waals surface area contributed by atoms with Gasteiger partial charge in [-0.15, -0.1) is 11.8 Å². The number of thioether (sulfide) groups is 1. The number of aliphatic carboxylic acids is 1. The van der Waals surface area contributed by atoms with Gasteiger partial charge in [-0.2, -0.15) is 0 Å². The van der Waals surface area contributed by atoms with Gasteiger partial charge in [0.15, 0.2) is 0 Å². The van der Waals surface area contributed by atoms with Crippen LogP contribution in [0.15, 0.2) is 29.2 Å². The molecule has 1 saturated carbocycles. The van der Waals surface area contributed by atoms with Crippen molar-refractivity contribution >= 4 is 29.3 Å². The molecule has 1 aliphatic rings. The molecule has 2 atom stereocenters. The quantitative estimate of drug-likeness (QED) is 0.861. The Morgan fingerprint density at radius 3 is 2.50 bits per heavy atom. The van der Waals surface area contributed by atoms with Gasteiger partial charge in [0.05, 0.1) is 5.69 Å². The second-order valence-electron chi connectivity index (χ2n) is 5.01. The van der Waals surface area contributed by atoms with Crippen molar-refractivity contribution < 1.29 is 14.7 Å². The third kappa shape index (κ3) is 3.33. The maximum Gasteiger partial charge on any atom is 0.228 e. The lowest BCUT2D eigenvalue weighted by Gasteiger charge is -2.31. The third-order valence-corrected chi connectivity index (χ3v) is 4.57. The van der Waals surface area contributed by atoms with Crippen LogP contribution in [0, 0.1) is 11.8 Å². The number of para-hydroxylation sites is 1. The van der Waals surface area contributed by atoms with Crippen LogP contribution in [0.25, 0.3) is 0 Å². The van der Waals surface area contributed by atoms with Crippen molar-refractivity contribution in [3.8, 4) is 0 Å². The highest BCUT2D eigenvalue weighted by molar-refractivity contribution is 7.98. The molecule has 1 aliphatic carbocycles. The average molecular weight is 292 g/mol. The van der Waals surface area contributed by atoms with Crippen LogP contribution in [0.3, 0.4) is 0 Å². The summed E-state index contributed by atoms with van der Waals surface area (Å²) in [6, 6.07) is 7.52. The molecular weight excluding hydrogens is 274 g/mol. The van der Waals surface area contributed by atoms with E-state index in [0.717, 1.165) is 23.4 Å². The van der Waals surface area contributed by atoms with E-state index in [-0.39, 0.29) is 5.91 Å². The number of carboxylic acids is 1. The molecule has 0 aromatic heterocycles. The minimum atomic E-state index is -1.11. The highest BCUT2D eigenvalue weighted by Crippen LogP contribution is 2.32. The van der Waals surface area contributed by atoms with E-state index in [9.17, 15) is 14.7 Å². The Morgan fingerprint density at radius 1 is 1.20 bits per heavy atom. The van der Waals surface area contributed by atoms with Crippen LogP contribution in [-0.2, 0) is 9.59 Å². The van der Waals surface area contributed by atoms with E-state index in [1.165, 1.54) is 0 Å². The van der Waals surface area contributed by atoms with Crippen LogP contribution in [0.4, 0.5) is 5.69 Å². The van der Waals surface area contributed by atoms with Crippen LogP contribution in [0.1, 0.15) is 25.7 Å². The summed E-state index contributed by atoms with van der Waals surface area (Å²) in [5.74, 6) is -2.46. The van der Waals surface area contributed by atoms with Gasteiger partial charge in [-0.1, -0.05) is 25.0 Å². The lowest BCUT2D eigenvalue weighted by Crippen LogP contribution is -2.42. The fourth-order valence-electron chi connectivity index (χ4n) is 2.70. The zero-order chi connectivity index (χ0) is 14.5. The normalized spacial score (nSPS) is 22.2. The Labute approximate surface area is 123 Å². The third-order valence-electron chi connectivity index (χ3n) is 3.77. The molecule has 1 amide bonds. The average Bonchev–Trinajstić information content (AvgIpc) is 2.47. The lowest BCUT2D eigenvalue weighted by atomic mass is 9.78. The molecule has 5 heteroatoms. The molecule has 0 aliphatic heterocycles. The van der Waals surface area contributed by atoms with Gasteiger partial charge >= 0.3 is 0 Å². The summed E-state index contributed by atoms with van der Waals surface area (Å²) in [4.78, 5) is 24.5. The number of nitrogens with one attached hydrogen (secondary N) is 1. The first-order chi connectivity index (χ1) is 9.63. The smallest absolute Gasteiger partial charge is 0.228 e. The van der Waals surface area contributed by atoms with Gasteiger partial charge < -0.3 is 15.2 Å². The minimum absolute atomic E-state index is 0.208. The summed E-state index contributed by atoms with van der Waals surface area (Å²) in [7, 11) is 0. The van der Waals surface area contributed by atoms with Gasteiger partial charge in [0.1, 0.15) is 0 Å². The number of rotatable bonds is 4. The predicted octanol–water partition coefficient (Wildman–Crippen LogP) is 1.90. The molecule has 0 radical (unpaired) electrons. The second-order valence-corrected chi connectivity index (χ2v) is 5.85. The molecule has 0 bridgehead atoms. The molecule has 0 unspecified atom stereocenters. The summed E-state index contributed by atoms with van der Waals surface area (Å²) in [5, 5.41) is 14.0. The van der Waals surface area contributed by atoms with Crippen molar-refractivity contribution in [3.05, 3.63) is 24.3 Å². The Bertz CT molecular complexity index is 504. The van der Waals surface area contributed by atoms with Crippen molar-refractivity contribution in [3.63, 3.8) is 0 Å². The molecule has 0 spiro atoms. The molecule has 1 fully saturated rings. The lowest BCUT2D eigenvalue weighted by molar-refractivity contribution is -0.313. The first-order valence-electron chi connectivity index (χ1n) is 6.78. The number of hydrogen-bond donors (Lipinski definition) is 1. The van der Waals surface area contributed by atoms with Crippen LogP contribution in [0.2, 0.25) is 0 Å². The monoisotopic (exact) mass is 292 g/mol. The standard InChI is InChI=1S/C15H19NO3S/c1-20-13-9-5-4-8-12(13)16-14(17)10-6-2-3-7-11(10)15(18)19/h4-5,8-11H,2-3,6-7H2,1H3,(H,16,17)(H,18,19)/p-1/t10-,11+/m1/s1. The highest BCUT2D eigenvalue weighted by atomic mass is 32.2. The van der Waals surface area contributed by atoms with Crippen LogP contribution >= 0.6 is 11.8 Å². The van der Waals surface area contributed by atoms with E-state index in [4.69, 9.17) is 0 Å². The van der Waals surface area contributed by atoms with Crippen molar-refractivity contribution in [2.24, 2.45) is 11.8 Å². The largest absolute Gasteiger partial charge is 0.550 e. The Balaban J connectivity index is 2.12. The van der Waals surface area contributed by atoms with E-state index in [1.54, 1.807) is 11.8 Å². The summed E-state index contributed by atoms with van der Waals surface area (Å²) in [5.41, 5.74) is 0.743. The number of carbonyl (C=O) groups excluding carboxylic acids is 2. The molecule has 0 saturated heterocycles. The molecule has 1 aromatic carbocycles. The fraction of sp³-hybridized carbons (Fsp3) is 0.467. The number of benzene rings is 1. The molecule has 2 rings (SSSR count). The van der Waals surface area contributed by atoms with Crippen molar-refractivity contribution in [1.29, 1.82) is 0 Å². The first-order valence-corrected chi connectivity index (χ1v) is 8.00. The van der Waals surface area contributed by atoms with Gasteiger partial charge in [0.25, 0.3) is 0 Å². The SMILES string of the molecule is CSc1ccccc1NC(=O)[C@@H]1CCCC[C@@H]1C(=O)[O-]. The number of carbonyl (C=O) groups is 2. The van der Waals surface area contributed by atoms with Gasteiger partial charge in [-0.25, -0.2) is 0 Å². The van der Waals surface area contributed by atoms with E-state index in [0.29, 0.717) is 12.8 Å². The molecule has 4 nitrogen and oxygen atoms in total. The molecule has 0 heterocycles.